The van der Waals surface area contributed by atoms with Gasteiger partial charge < -0.3 is 5.73 Å². The van der Waals surface area contributed by atoms with E-state index in [4.69, 9.17) is 5.73 Å². The number of amides is 1. The Labute approximate surface area is 191 Å². The molecule has 0 unspecified atom stereocenters. The van der Waals surface area contributed by atoms with Crippen LogP contribution in [0.3, 0.4) is 0 Å². The van der Waals surface area contributed by atoms with Crippen molar-refractivity contribution in [1.82, 2.24) is 29.7 Å². The van der Waals surface area contributed by atoms with E-state index in [1.807, 2.05) is 37.3 Å². The summed E-state index contributed by atoms with van der Waals surface area (Å²) in [6, 6.07) is 19.3. The van der Waals surface area contributed by atoms with Gasteiger partial charge in [-0.3, -0.25) is 19.3 Å². The lowest BCUT2D eigenvalue weighted by molar-refractivity contribution is 0.100. The summed E-state index contributed by atoms with van der Waals surface area (Å²) >= 11 is 1.20. The average Bonchev–Trinajstić information content (AvgIpc) is 3.28. The number of hydrogen-bond acceptors (Lipinski definition) is 7. The van der Waals surface area contributed by atoms with Gasteiger partial charge in [-0.05, 0) is 49.0 Å². The minimum Gasteiger partial charge on any atom is -0.366 e. The molecular weight excluding hydrogens is 438 g/mol. The minimum absolute atomic E-state index is 0.257. The molecule has 0 radical (unpaired) electrons. The maximum atomic E-state index is 12.8. The normalized spacial score (nSPS) is 11.1. The molecule has 162 valence electrons. The number of aromatic amines is 1. The number of aryl methyl sites for hydroxylation is 1. The first kappa shape index (κ1) is 20.6. The molecule has 1 amide bonds. The maximum absolute atomic E-state index is 12.8. The van der Waals surface area contributed by atoms with E-state index in [1.165, 1.54) is 22.4 Å². The van der Waals surface area contributed by atoms with E-state index in [0.29, 0.717) is 38.7 Å². The number of carbonyl (C=O) groups is 1. The third-order valence-corrected chi connectivity index (χ3v) is 5.76. The number of rotatable bonds is 5. The number of benzene rings is 2. The summed E-state index contributed by atoms with van der Waals surface area (Å²) in [4.78, 5) is 37.9. The van der Waals surface area contributed by atoms with Crippen LogP contribution in [0.4, 0.5) is 0 Å². The summed E-state index contributed by atoms with van der Waals surface area (Å²) in [6.45, 7) is 1.85. The molecule has 0 aliphatic carbocycles. The predicted molar refractivity (Wildman–Crippen MR) is 124 cm³/mol. The highest BCUT2D eigenvalue weighted by molar-refractivity contribution is 7.99. The molecule has 3 heterocycles. The molecule has 0 saturated heterocycles. The summed E-state index contributed by atoms with van der Waals surface area (Å²) in [5.41, 5.74) is 8.07. The van der Waals surface area contributed by atoms with Crippen molar-refractivity contribution in [3.8, 4) is 17.1 Å². The molecule has 10 heteroatoms. The molecule has 0 aliphatic heterocycles. The van der Waals surface area contributed by atoms with E-state index in [1.54, 1.807) is 30.3 Å². The molecule has 0 bridgehead atoms. The Balaban J connectivity index is 1.57. The summed E-state index contributed by atoms with van der Waals surface area (Å²) in [7, 11) is 0. The maximum Gasteiger partial charge on any atom is 0.256 e. The molecule has 9 nitrogen and oxygen atoms in total. The van der Waals surface area contributed by atoms with Crippen LogP contribution >= 0.6 is 11.8 Å². The zero-order valence-electron chi connectivity index (χ0n) is 17.4. The molecule has 0 saturated carbocycles. The number of nitrogens with two attached hydrogens (primary N) is 1. The van der Waals surface area contributed by atoms with Gasteiger partial charge in [0.05, 0.1) is 11.4 Å². The first-order valence-electron chi connectivity index (χ1n) is 9.96. The van der Waals surface area contributed by atoms with E-state index in [9.17, 15) is 9.59 Å². The van der Waals surface area contributed by atoms with Gasteiger partial charge in [0, 0.05) is 22.6 Å². The van der Waals surface area contributed by atoms with Gasteiger partial charge in [0.25, 0.3) is 5.56 Å². The van der Waals surface area contributed by atoms with Crippen LogP contribution in [0.1, 0.15) is 16.1 Å². The fourth-order valence-electron chi connectivity index (χ4n) is 3.41. The lowest BCUT2D eigenvalue weighted by Crippen LogP contribution is -2.19. The van der Waals surface area contributed by atoms with Crippen LogP contribution in [0.5, 0.6) is 0 Å². The van der Waals surface area contributed by atoms with Crippen molar-refractivity contribution in [2.75, 3.05) is 0 Å². The van der Waals surface area contributed by atoms with Gasteiger partial charge in [-0.15, -0.1) is 5.10 Å². The van der Waals surface area contributed by atoms with Crippen LogP contribution in [-0.2, 0) is 0 Å². The Morgan fingerprint density at radius 3 is 2.42 bits per heavy atom. The molecule has 0 aliphatic rings. The summed E-state index contributed by atoms with van der Waals surface area (Å²) in [5.74, 6) is 0.104. The molecule has 3 aromatic heterocycles. The van der Waals surface area contributed by atoms with Gasteiger partial charge in [0.2, 0.25) is 11.1 Å². The fourth-order valence-corrected chi connectivity index (χ4v) is 4.12. The Morgan fingerprint density at radius 2 is 1.70 bits per heavy atom. The van der Waals surface area contributed by atoms with Crippen molar-refractivity contribution >= 4 is 28.7 Å². The smallest absolute Gasteiger partial charge is 0.256 e. The summed E-state index contributed by atoms with van der Waals surface area (Å²) in [5, 5.41) is 8.79. The first-order valence-corrected chi connectivity index (χ1v) is 10.8. The third kappa shape index (κ3) is 3.99. The van der Waals surface area contributed by atoms with Crippen molar-refractivity contribution in [3.05, 3.63) is 88.3 Å². The molecule has 5 aromatic rings. The van der Waals surface area contributed by atoms with E-state index in [-0.39, 0.29) is 5.56 Å². The van der Waals surface area contributed by atoms with Crippen LogP contribution in [0, 0.1) is 6.92 Å². The van der Waals surface area contributed by atoms with Crippen LogP contribution in [0.2, 0.25) is 0 Å². The zero-order valence-corrected chi connectivity index (χ0v) is 18.2. The van der Waals surface area contributed by atoms with Gasteiger partial charge in [0.15, 0.2) is 16.6 Å². The number of primary amides is 1. The Hall–Kier alpha value is -4.31. The lowest BCUT2D eigenvalue weighted by atomic mass is 10.2. The monoisotopic (exact) mass is 455 g/mol. The molecular formula is C23H17N7O2S. The highest BCUT2D eigenvalue weighted by Gasteiger charge is 2.15. The van der Waals surface area contributed by atoms with Crippen LogP contribution in [0.15, 0.2) is 81.8 Å². The van der Waals surface area contributed by atoms with Crippen molar-refractivity contribution < 1.29 is 4.79 Å². The second-order valence-electron chi connectivity index (χ2n) is 7.18. The number of pyridine rings is 1. The summed E-state index contributed by atoms with van der Waals surface area (Å²) < 4.78 is 1.48. The Morgan fingerprint density at radius 1 is 0.939 bits per heavy atom. The number of fused-ring (bicyclic) bond motifs is 1. The third-order valence-electron chi connectivity index (χ3n) is 5.03. The number of carbonyl (C=O) groups excluding carboxylic acids is 1. The van der Waals surface area contributed by atoms with E-state index >= 15 is 0 Å². The second kappa shape index (κ2) is 8.32. The SMILES string of the molecule is Cc1nc(Sc2n[nH]c(-c3ccccc3)n2)nc2c1ccc(=O)n2-c1ccc(C(N)=O)cc1. The molecule has 2 aromatic carbocycles. The van der Waals surface area contributed by atoms with Crippen LogP contribution < -0.4 is 11.3 Å². The van der Waals surface area contributed by atoms with Gasteiger partial charge >= 0.3 is 0 Å². The highest BCUT2D eigenvalue weighted by atomic mass is 32.2. The number of H-pyrrole nitrogens is 1. The Bertz CT molecular complexity index is 1540. The van der Waals surface area contributed by atoms with E-state index < -0.39 is 5.91 Å². The van der Waals surface area contributed by atoms with Gasteiger partial charge in [-0.1, -0.05) is 30.3 Å². The zero-order chi connectivity index (χ0) is 22.9. The largest absolute Gasteiger partial charge is 0.366 e. The van der Waals surface area contributed by atoms with Gasteiger partial charge in [-0.25, -0.2) is 15.0 Å². The van der Waals surface area contributed by atoms with Crippen LogP contribution in [0.25, 0.3) is 28.1 Å². The molecule has 5 rings (SSSR count). The number of hydrogen-bond donors (Lipinski definition) is 2. The van der Waals surface area contributed by atoms with E-state index in [0.717, 1.165) is 10.9 Å². The molecule has 3 N–H and O–H groups in total. The Kier molecular flexibility index (Phi) is 5.19. The lowest BCUT2D eigenvalue weighted by Gasteiger charge is -2.11. The number of nitrogens with one attached hydrogen (secondary N) is 1. The minimum atomic E-state index is -0.537. The van der Waals surface area contributed by atoms with Gasteiger partial charge in [-0.2, -0.15) is 0 Å². The quantitative estimate of drug-likeness (QED) is 0.389. The number of aromatic nitrogens is 6. The van der Waals surface area contributed by atoms with Crippen molar-refractivity contribution in [2.24, 2.45) is 5.73 Å². The molecule has 0 spiro atoms. The predicted octanol–water partition coefficient (Wildman–Crippen LogP) is 3.12. The number of nitrogens with zero attached hydrogens (tertiary/aromatic N) is 5. The molecule has 0 fully saturated rings. The highest BCUT2D eigenvalue weighted by Crippen LogP contribution is 2.26. The first-order chi connectivity index (χ1) is 16.0. The summed E-state index contributed by atoms with van der Waals surface area (Å²) in [6.07, 6.45) is 0. The fraction of sp³-hybridized carbons (Fsp3) is 0.0435. The van der Waals surface area contributed by atoms with Gasteiger partial charge in [0.1, 0.15) is 0 Å². The van der Waals surface area contributed by atoms with E-state index in [2.05, 4.69) is 25.1 Å². The standard InChI is InChI=1S/C23H17N7O2S/c1-13-17-11-12-18(31)30(16-9-7-14(8-10-16)19(24)32)21(17)27-22(25-13)33-23-26-20(28-29-23)15-5-3-2-4-6-15/h2-12H,1H3,(H2,24,32)(H,26,28,29). The van der Waals surface area contributed by atoms with Crippen molar-refractivity contribution in [2.45, 2.75) is 17.2 Å². The van der Waals surface area contributed by atoms with Crippen LogP contribution in [-0.4, -0.2) is 35.6 Å². The topological polar surface area (TPSA) is 132 Å². The van der Waals surface area contributed by atoms with Crippen molar-refractivity contribution in [1.29, 1.82) is 0 Å². The molecule has 0 atom stereocenters. The average molecular weight is 456 g/mol. The van der Waals surface area contributed by atoms with Crippen molar-refractivity contribution in [3.63, 3.8) is 0 Å². The second-order valence-corrected chi connectivity index (χ2v) is 8.12. The molecule has 33 heavy (non-hydrogen) atoms.